The first-order valence-corrected chi connectivity index (χ1v) is 10.8. The molecule has 2 aromatic rings. The zero-order valence-electron chi connectivity index (χ0n) is 16.8. The molecule has 1 aliphatic rings. The predicted octanol–water partition coefficient (Wildman–Crippen LogP) is 2.57. The van der Waals surface area contributed by atoms with Crippen LogP contribution in [0.4, 0.5) is 0 Å². The summed E-state index contributed by atoms with van der Waals surface area (Å²) in [7, 11) is -2.09. The first kappa shape index (κ1) is 20.9. The van der Waals surface area contributed by atoms with Gasteiger partial charge in [0, 0.05) is 19.6 Å². The van der Waals surface area contributed by atoms with Crippen molar-refractivity contribution in [3.8, 4) is 5.75 Å². The van der Waals surface area contributed by atoms with Crippen LogP contribution in [0.1, 0.15) is 28.7 Å². The Kier molecular flexibility index (Phi) is 6.44. The van der Waals surface area contributed by atoms with E-state index in [1.54, 1.807) is 19.2 Å². The van der Waals surface area contributed by atoms with Crippen molar-refractivity contribution in [1.29, 1.82) is 0 Å². The van der Waals surface area contributed by atoms with Crippen molar-refractivity contribution in [3.63, 3.8) is 0 Å². The standard InChI is InChI=1S/C20H28N2O5S/c1-14-11-17(12-15(2)20(14)25-4)28(23,24)21-13-18(19-6-5-16(3)27-19)22-7-9-26-10-8-22/h5-6,11-12,18,21H,7-10,13H2,1-4H3. The summed E-state index contributed by atoms with van der Waals surface area (Å²) in [6.45, 7) is 8.49. The van der Waals surface area contributed by atoms with E-state index < -0.39 is 10.0 Å². The average molecular weight is 409 g/mol. The van der Waals surface area contributed by atoms with E-state index in [0.29, 0.717) is 19.0 Å². The molecular formula is C20H28N2O5S. The number of methoxy groups -OCH3 is 1. The van der Waals surface area contributed by atoms with Gasteiger partial charge in [-0.05, 0) is 56.2 Å². The van der Waals surface area contributed by atoms with Gasteiger partial charge in [-0.2, -0.15) is 0 Å². The van der Waals surface area contributed by atoms with E-state index in [1.165, 1.54) is 0 Å². The summed E-state index contributed by atoms with van der Waals surface area (Å²) in [4.78, 5) is 2.43. The highest BCUT2D eigenvalue weighted by Gasteiger charge is 2.27. The number of hydrogen-bond donors (Lipinski definition) is 1. The summed E-state index contributed by atoms with van der Waals surface area (Å²) in [5, 5.41) is 0. The molecule has 154 valence electrons. The number of aryl methyl sites for hydroxylation is 3. The Morgan fingerprint density at radius 2 is 1.79 bits per heavy atom. The van der Waals surface area contributed by atoms with Crippen molar-refractivity contribution in [2.24, 2.45) is 0 Å². The van der Waals surface area contributed by atoms with Crippen LogP contribution in [0.25, 0.3) is 0 Å². The van der Waals surface area contributed by atoms with Crippen LogP contribution >= 0.6 is 0 Å². The Bertz CT molecular complexity index is 893. The molecule has 0 saturated carbocycles. The van der Waals surface area contributed by atoms with Gasteiger partial charge in [-0.15, -0.1) is 0 Å². The molecule has 7 nitrogen and oxygen atoms in total. The molecule has 1 unspecified atom stereocenters. The minimum Gasteiger partial charge on any atom is -0.496 e. The highest BCUT2D eigenvalue weighted by Crippen LogP contribution is 2.27. The van der Waals surface area contributed by atoms with Crippen molar-refractivity contribution >= 4 is 10.0 Å². The molecule has 0 radical (unpaired) electrons. The third kappa shape index (κ3) is 4.57. The van der Waals surface area contributed by atoms with Gasteiger partial charge in [-0.25, -0.2) is 13.1 Å². The number of sulfonamides is 1. The molecule has 8 heteroatoms. The van der Waals surface area contributed by atoms with Crippen molar-refractivity contribution in [2.75, 3.05) is 40.0 Å². The van der Waals surface area contributed by atoms with Crippen molar-refractivity contribution < 1.29 is 22.3 Å². The third-order valence-electron chi connectivity index (χ3n) is 4.99. The number of nitrogens with zero attached hydrogens (tertiary/aromatic N) is 1. The Morgan fingerprint density at radius 3 is 2.32 bits per heavy atom. The second-order valence-electron chi connectivity index (χ2n) is 7.05. The molecule has 28 heavy (non-hydrogen) atoms. The Balaban J connectivity index is 1.82. The van der Waals surface area contributed by atoms with Crippen LogP contribution in [0.2, 0.25) is 0 Å². The van der Waals surface area contributed by atoms with E-state index in [-0.39, 0.29) is 17.5 Å². The maximum Gasteiger partial charge on any atom is 0.240 e. The lowest BCUT2D eigenvalue weighted by molar-refractivity contribution is 0.0127. The second-order valence-corrected chi connectivity index (χ2v) is 8.82. The van der Waals surface area contributed by atoms with Crippen LogP contribution in [-0.4, -0.2) is 53.3 Å². The molecule has 0 spiro atoms. The second kappa shape index (κ2) is 8.65. The molecule has 1 aliphatic heterocycles. The topological polar surface area (TPSA) is 81.0 Å². The predicted molar refractivity (Wildman–Crippen MR) is 106 cm³/mol. The largest absolute Gasteiger partial charge is 0.496 e. The smallest absolute Gasteiger partial charge is 0.240 e. The number of nitrogens with one attached hydrogen (secondary N) is 1. The summed E-state index contributed by atoms with van der Waals surface area (Å²) >= 11 is 0. The van der Waals surface area contributed by atoms with E-state index in [1.807, 2.05) is 32.9 Å². The molecule has 3 rings (SSSR count). The number of ether oxygens (including phenoxy) is 2. The fourth-order valence-electron chi connectivity index (χ4n) is 3.59. The van der Waals surface area contributed by atoms with Crippen LogP contribution in [0.3, 0.4) is 0 Å². The monoisotopic (exact) mass is 408 g/mol. The molecule has 1 N–H and O–H groups in total. The number of benzene rings is 1. The first-order valence-electron chi connectivity index (χ1n) is 9.35. The molecule has 0 aliphatic carbocycles. The fourth-order valence-corrected chi connectivity index (χ4v) is 4.80. The van der Waals surface area contributed by atoms with Gasteiger partial charge in [0.05, 0.1) is 31.3 Å². The lowest BCUT2D eigenvalue weighted by Crippen LogP contribution is -2.43. The van der Waals surface area contributed by atoms with Gasteiger partial charge >= 0.3 is 0 Å². The van der Waals surface area contributed by atoms with E-state index in [2.05, 4.69) is 9.62 Å². The quantitative estimate of drug-likeness (QED) is 0.758. The molecule has 1 fully saturated rings. The minimum absolute atomic E-state index is 0.187. The van der Waals surface area contributed by atoms with Gasteiger partial charge < -0.3 is 13.9 Å². The molecule has 2 heterocycles. The molecule has 1 aromatic carbocycles. The summed E-state index contributed by atoms with van der Waals surface area (Å²) in [6.07, 6.45) is 0. The van der Waals surface area contributed by atoms with Gasteiger partial charge in [-0.3, -0.25) is 4.90 Å². The fraction of sp³-hybridized carbons (Fsp3) is 0.500. The van der Waals surface area contributed by atoms with Gasteiger partial charge in [-0.1, -0.05) is 0 Å². The SMILES string of the molecule is COc1c(C)cc(S(=O)(=O)NCC(c2ccc(C)o2)N2CCOCC2)cc1C. The maximum absolute atomic E-state index is 12.9. The summed E-state index contributed by atoms with van der Waals surface area (Å²) < 4.78 is 45.2. The zero-order chi connectivity index (χ0) is 20.3. The highest BCUT2D eigenvalue weighted by atomic mass is 32.2. The average Bonchev–Trinajstić information content (AvgIpc) is 3.08. The number of morpholine rings is 1. The molecule has 1 atom stereocenters. The van der Waals surface area contributed by atoms with Gasteiger partial charge in [0.2, 0.25) is 10.0 Å². The first-order chi connectivity index (χ1) is 13.3. The lowest BCUT2D eigenvalue weighted by Gasteiger charge is -2.33. The van der Waals surface area contributed by atoms with Crippen LogP contribution in [0.15, 0.2) is 33.6 Å². The molecule has 0 bridgehead atoms. The van der Waals surface area contributed by atoms with Crippen LogP contribution in [0, 0.1) is 20.8 Å². The molecule has 1 aromatic heterocycles. The molecule has 0 amide bonds. The summed E-state index contributed by atoms with van der Waals surface area (Å²) in [6, 6.07) is 6.89. The zero-order valence-corrected chi connectivity index (χ0v) is 17.6. The highest BCUT2D eigenvalue weighted by molar-refractivity contribution is 7.89. The van der Waals surface area contributed by atoms with Crippen molar-refractivity contribution in [3.05, 3.63) is 46.9 Å². The molecule has 1 saturated heterocycles. The van der Waals surface area contributed by atoms with Gasteiger partial charge in [0.15, 0.2) is 0 Å². The van der Waals surface area contributed by atoms with E-state index >= 15 is 0 Å². The third-order valence-corrected chi connectivity index (χ3v) is 6.39. The van der Waals surface area contributed by atoms with Crippen LogP contribution < -0.4 is 9.46 Å². The van der Waals surface area contributed by atoms with Crippen LogP contribution in [-0.2, 0) is 14.8 Å². The molecular weight excluding hydrogens is 380 g/mol. The van der Waals surface area contributed by atoms with E-state index in [9.17, 15) is 8.42 Å². The van der Waals surface area contributed by atoms with Gasteiger partial charge in [0.1, 0.15) is 17.3 Å². The lowest BCUT2D eigenvalue weighted by atomic mass is 10.1. The van der Waals surface area contributed by atoms with Crippen LogP contribution in [0.5, 0.6) is 5.75 Å². The van der Waals surface area contributed by atoms with Gasteiger partial charge in [0.25, 0.3) is 0 Å². The number of rotatable bonds is 7. The Labute approximate surface area is 166 Å². The Morgan fingerprint density at radius 1 is 1.14 bits per heavy atom. The van der Waals surface area contributed by atoms with E-state index in [0.717, 1.165) is 35.7 Å². The maximum atomic E-state index is 12.9. The number of hydrogen-bond acceptors (Lipinski definition) is 6. The van der Waals surface area contributed by atoms with Crippen molar-refractivity contribution in [1.82, 2.24) is 9.62 Å². The minimum atomic E-state index is -3.67. The van der Waals surface area contributed by atoms with E-state index in [4.69, 9.17) is 13.9 Å². The number of furan rings is 1. The van der Waals surface area contributed by atoms with Crippen molar-refractivity contribution in [2.45, 2.75) is 31.7 Å². The summed E-state index contributed by atoms with van der Waals surface area (Å²) in [5.74, 6) is 2.26. The normalized spacial score (nSPS) is 16.9. The summed E-state index contributed by atoms with van der Waals surface area (Å²) in [5.41, 5.74) is 1.57. The Hall–Kier alpha value is -1.87.